The molecule has 1 amide bonds. The summed E-state index contributed by atoms with van der Waals surface area (Å²) >= 11 is 0. The summed E-state index contributed by atoms with van der Waals surface area (Å²) in [5, 5.41) is 15.5. The standard InChI is InChI=1S/C14H15N5O/c1-10-12(16)13(18-17-10)14(20)19(8-7-15)9-11-5-3-2-4-6-11/h2-6H,8-9,16H2,1H3,(H,17,18). The predicted molar refractivity (Wildman–Crippen MR) is 74.5 cm³/mol. The van der Waals surface area contributed by atoms with Gasteiger partial charge in [0.25, 0.3) is 5.91 Å². The molecule has 2 rings (SSSR count). The van der Waals surface area contributed by atoms with Gasteiger partial charge in [-0.3, -0.25) is 9.89 Å². The van der Waals surface area contributed by atoms with Crippen molar-refractivity contribution in [1.82, 2.24) is 15.1 Å². The van der Waals surface area contributed by atoms with Gasteiger partial charge in [-0.2, -0.15) is 10.4 Å². The molecule has 0 fully saturated rings. The average Bonchev–Trinajstić information content (AvgIpc) is 2.79. The zero-order chi connectivity index (χ0) is 14.5. The van der Waals surface area contributed by atoms with Crippen molar-refractivity contribution < 1.29 is 4.79 Å². The minimum Gasteiger partial charge on any atom is -0.395 e. The van der Waals surface area contributed by atoms with Gasteiger partial charge in [0.2, 0.25) is 0 Å². The maximum atomic E-state index is 12.4. The van der Waals surface area contributed by atoms with Crippen molar-refractivity contribution in [3.05, 3.63) is 47.3 Å². The summed E-state index contributed by atoms with van der Waals surface area (Å²) in [5.74, 6) is -0.350. The molecule has 2 aromatic rings. The van der Waals surface area contributed by atoms with E-state index in [1.807, 2.05) is 36.4 Å². The number of anilines is 1. The summed E-state index contributed by atoms with van der Waals surface area (Å²) in [4.78, 5) is 13.8. The third-order valence-corrected chi connectivity index (χ3v) is 2.96. The lowest BCUT2D eigenvalue weighted by molar-refractivity contribution is 0.0760. The van der Waals surface area contributed by atoms with Crippen LogP contribution in [0.25, 0.3) is 0 Å². The van der Waals surface area contributed by atoms with Crippen molar-refractivity contribution in [2.45, 2.75) is 13.5 Å². The second kappa shape index (κ2) is 5.89. The van der Waals surface area contributed by atoms with E-state index in [0.717, 1.165) is 5.56 Å². The Morgan fingerprint density at radius 1 is 1.45 bits per heavy atom. The first-order chi connectivity index (χ1) is 9.63. The number of carbonyl (C=O) groups is 1. The third kappa shape index (κ3) is 2.78. The highest BCUT2D eigenvalue weighted by Crippen LogP contribution is 2.16. The van der Waals surface area contributed by atoms with Gasteiger partial charge in [0.15, 0.2) is 5.69 Å². The highest BCUT2D eigenvalue weighted by molar-refractivity contribution is 5.97. The van der Waals surface area contributed by atoms with Crippen molar-refractivity contribution >= 4 is 11.6 Å². The van der Waals surface area contributed by atoms with Crippen molar-refractivity contribution in [1.29, 1.82) is 5.26 Å². The SMILES string of the molecule is Cc1[nH]nc(C(=O)N(CC#N)Cc2ccccc2)c1N. The summed E-state index contributed by atoms with van der Waals surface area (Å²) in [5.41, 5.74) is 7.88. The number of aromatic nitrogens is 2. The number of rotatable bonds is 4. The van der Waals surface area contributed by atoms with Crippen LogP contribution in [0.15, 0.2) is 30.3 Å². The fraction of sp³-hybridized carbons (Fsp3) is 0.214. The van der Waals surface area contributed by atoms with Gasteiger partial charge in [-0.25, -0.2) is 0 Å². The van der Waals surface area contributed by atoms with Gasteiger partial charge in [-0.15, -0.1) is 0 Å². The number of aryl methyl sites for hydroxylation is 1. The Morgan fingerprint density at radius 2 is 2.15 bits per heavy atom. The lowest BCUT2D eigenvalue weighted by Crippen LogP contribution is -2.31. The second-order valence-corrected chi connectivity index (χ2v) is 4.42. The number of nitrogens with two attached hydrogens (primary N) is 1. The Bertz CT molecular complexity index is 641. The van der Waals surface area contributed by atoms with Gasteiger partial charge in [-0.05, 0) is 12.5 Å². The van der Waals surface area contributed by atoms with Gasteiger partial charge < -0.3 is 10.6 Å². The predicted octanol–water partition coefficient (Wildman–Crippen LogP) is 1.47. The van der Waals surface area contributed by atoms with Gasteiger partial charge >= 0.3 is 0 Å². The Balaban J connectivity index is 2.23. The number of amides is 1. The van der Waals surface area contributed by atoms with Gasteiger partial charge in [-0.1, -0.05) is 30.3 Å². The molecular weight excluding hydrogens is 254 g/mol. The first-order valence-electron chi connectivity index (χ1n) is 6.14. The van der Waals surface area contributed by atoms with E-state index in [1.165, 1.54) is 4.90 Å². The van der Waals surface area contributed by atoms with E-state index in [1.54, 1.807) is 6.92 Å². The fourth-order valence-electron chi connectivity index (χ4n) is 1.84. The normalized spacial score (nSPS) is 10.0. The van der Waals surface area contributed by atoms with E-state index in [0.29, 0.717) is 17.9 Å². The van der Waals surface area contributed by atoms with Crippen LogP contribution in [-0.2, 0) is 6.54 Å². The molecule has 6 nitrogen and oxygen atoms in total. The number of nitrogens with one attached hydrogen (secondary N) is 1. The summed E-state index contributed by atoms with van der Waals surface area (Å²) in [6.07, 6.45) is 0. The Morgan fingerprint density at radius 3 is 2.70 bits per heavy atom. The van der Waals surface area contributed by atoms with Crippen molar-refractivity contribution in [2.24, 2.45) is 0 Å². The van der Waals surface area contributed by atoms with Crippen molar-refractivity contribution in [2.75, 3.05) is 12.3 Å². The number of nitriles is 1. The molecule has 0 saturated heterocycles. The van der Waals surface area contributed by atoms with E-state index in [9.17, 15) is 4.79 Å². The summed E-state index contributed by atoms with van der Waals surface area (Å²) in [7, 11) is 0. The van der Waals surface area contributed by atoms with Crippen LogP contribution in [-0.4, -0.2) is 27.5 Å². The van der Waals surface area contributed by atoms with Crippen LogP contribution >= 0.6 is 0 Å². The zero-order valence-corrected chi connectivity index (χ0v) is 11.1. The van der Waals surface area contributed by atoms with Crippen molar-refractivity contribution in [3.8, 4) is 6.07 Å². The van der Waals surface area contributed by atoms with Gasteiger partial charge in [0.05, 0.1) is 17.5 Å². The molecule has 0 radical (unpaired) electrons. The molecule has 6 heteroatoms. The number of nitrogen functional groups attached to an aromatic ring is 1. The number of benzene rings is 1. The molecule has 0 unspecified atom stereocenters. The van der Waals surface area contributed by atoms with Crippen LogP contribution in [0, 0.1) is 18.3 Å². The van der Waals surface area contributed by atoms with Gasteiger partial charge in [0, 0.05) is 6.54 Å². The first-order valence-corrected chi connectivity index (χ1v) is 6.14. The van der Waals surface area contributed by atoms with E-state index in [4.69, 9.17) is 11.0 Å². The molecule has 3 N–H and O–H groups in total. The smallest absolute Gasteiger partial charge is 0.277 e. The second-order valence-electron chi connectivity index (χ2n) is 4.42. The highest BCUT2D eigenvalue weighted by Gasteiger charge is 2.21. The monoisotopic (exact) mass is 269 g/mol. The van der Waals surface area contributed by atoms with E-state index < -0.39 is 0 Å². The molecule has 1 heterocycles. The Hall–Kier alpha value is -2.81. The minimum absolute atomic E-state index is 0.0148. The third-order valence-electron chi connectivity index (χ3n) is 2.96. The highest BCUT2D eigenvalue weighted by atomic mass is 16.2. The van der Waals surface area contributed by atoms with Crippen LogP contribution in [0.4, 0.5) is 5.69 Å². The first kappa shape index (κ1) is 13.6. The molecule has 0 aliphatic carbocycles. The van der Waals surface area contributed by atoms with E-state index in [2.05, 4.69) is 10.2 Å². The van der Waals surface area contributed by atoms with Crippen LogP contribution in [0.1, 0.15) is 21.7 Å². The Kier molecular flexibility index (Phi) is 4.01. The zero-order valence-electron chi connectivity index (χ0n) is 11.1. The molecule has 0 aliphatic heterocycles. The molecule has 0 spiro atoms. The summed E-state index contributed by atoms with van der Waals surface area (Å²) < 4.78 is 0. The molecule has 0 aliphatic rings. The summed E-state index contributed by atoms with van der Waals surface area (Å²) in [6, 6.07) is 11.5. The van der Waals surface area contributed by atoms with Crippen molar-refractivity contribution in [3.63, 3.8) is 0 Å². The van der Waals surface area contributed by atoms with Crippen LogP contribution in [0.2, 0.25) is 0 Å². The number of nitrogens with zero attached hydrogens (tertiary/aromatic N) is 3. The molecule has 1 aromatic carbocycles. The average molecular weight is 269 g/mol. The molecular formula is C14H15N5O. The van der Waals surface area contributed by atoms with Crippen LogP contribution in [0.3, 0.4) is 0 Å². The number of H-pyrrole nitrogens is 1. The molecule has 102 valence electrons. The largest absolute Gasteiger partial charge is 0.395 e. The topological polar surface area (TPSA) is 98.8 Å². The molecule has 0 saturated carbocycles. The lowest BCUT2D eigenvalue weighted by Gasteiger charge is -2.18. The number of carbonyl (C=O) groups excluding carboxylic acids is 1. The number of hydrogen-bond acceptors (Lipinski definition) is 4. The fourth-order valence-corrected chi connectivity index (χ4v) is 1.84. The molecule has 20 heavy (non-hydrogen) atoms. The Labute approximate surface area is 116 Å². The number of hydrogen-bond donors (Lipinski definition) is 2. The van der Waals surface area contributed by atoms with Crippen LogP contribution in [0.5, 0.6) is 0 Å². The van der Waals surface area contributed by atoms with E-state index in [-0.39, 0.29) is 18.1 Å². The quantitative estimate of drug-likeness (QED) is 0.821. The number of aromatic amines is 1. The van der Waals surface area contributed by atoms with Gasteiger partial charge in [0.1, 0.15) is 6.54 Å². The van der Waals surface area contributed by atoms with E-state index >= 15 is 0 Å². The lowest BCUT2D eigenvalue weighted by atomic mass is 10.2. The maximum Gasteiger partial charge on any atom is 0.277 e. The molecule has 0 bridgehead atoms. The summed E-state index contributed by atoms with van der Waals surface area (Å²) in [6.45, 7) is 2.07. The minimum atomic E-state index is -0.350. The molecule has 0 atom stereocenters. The maximum absolute atomic E-state index is 12.4. The van der Waals surface area contributed by atoms with Crippen LogP contribution < -0.4 is 5.73 Å². The molecule has 1 aromatic heterocycles.